The van der Waals surface area contributed by atoms with E-state index in [1.807, 2.05) is 0 Å². The molecule has 0 aliphatic carbocycles. The van der Waals surface area contributed by atoms with Gasteiger partial charge in [0.1, 0.15) is 4.47 Å². The lowest BCUT2D eigenvalue weighted by atomic mass is 10.1. The van der Waals surface area contributed by atoms with E-state index in [4.69, 9.17) is 11.6 Å². The van der Waals surface area contributed by atoms with Crippen LogP contribution in [0.1, 0.15) is 16.1 Å². The molecule has 0 bridgehead atoms. The van der Waals surface area contributed by atoms with Gasteiger partial charge in [-0.2, -0.15) is 0 Å². The van der Waals surface area contributed by atoms with Gasteiger partial charge in [0.25, 0.3) is 5.56 Å². The molecule has 2 aromatic rings. The van der Waals surface area contributed by atoms with Crippen LogP contribution in [0.15, 0.2) is 39.9 Å². The first-order valence-corrected chi connectivity index (χ1v) is 6.66. The number of hydrogen-bond acceptors (Lipinski definition) is 3. The number of rotatable bonds is 3. The summed E-state index contributed by atoms with van der Waals surface area (Å²) in [4.78, 5) is 28.0. The summed E-state index contributed by atoms with van der Waals surface area (Å²) >= 11 is 8.99. The molecule has 2 rings (SSSR count). The molecule has 98 valence electrons. The highest BCUT2D eigenvalue weighted by atomic mass is 79.9. The largest absolute Gasteiger partial charge is 0.292 e. The van der Waals surface area contributed by atoms with Gasteiger partial charge in [-0.15, -0.1) is 0 Å². The van der Waals surface area contributed by atoms with E-state index >= 15 is 0 Å². The summed E-state index contributed by atoms with van der Waals surface area (Å²) in [6, 6.07) is 6.62. The minimum absolute atomic E-state index is 0.0644. The summed E-state index contributed by atoms with van der Waals surface area (Å²) in [7, 11) is 0. The molecule has 0 atom stereocenters. The molecule has 0 saturated heterocycles. The van der Waals surface area contributed by atoms with Crippen molar-refractivity contribution in [2.75, 3.05) is 0 Å². The minimum Gasteiger partial charge on any atom is -0.292 e. The van der Waals surface area contributed by atoms with Gasteiger partial charge >= 0.3 is 0 Å². The fourth-order valence-electron chi connectivity index (χ4n) is 1.57. The van der Waals surface area contributed by atoms with Crippen LogP contribution in [0.2, 0.25) is 5.02 Å². The maximum absolute atomic E-state index is 12.1. The topological polar surface area (TPSA) is 52.0 Å². The van der Waals surface area contributed by atoms with Gasteiger partial charge in [0.2, 0.25) is 0 Å². The van der Waals surface area contributed by atoms with E-state index in [-0.39, 0.29) is 17.9 Å². The molecule has 6 heteroatoms. The second-order valence-electron chi connectivity index (χ2n) is 4.01. The van der Waals surface area contributed by atoms with Crippen LogP contribution in [0.5, 0.6) is 0 Å². The number of carbonyl (C=O) groups excluding carboxylic acids is 1. The molecule has 19 heavy (non-hydrogen) atoms. The van der Waals surface area contributed by atoms with Crippen molar-refractivity contribution in [1.82, 2.24) is 9.55 Å². The number of Topliss-reactive ketones (excluding diaryl/α,β-unsaturated/α-hetero) is 1. The summed E-state index contributed by atoms with van der Waals surface area (Å²) in [6.45, 7) is 1.65. The van der Waals surface area contributed by atoms with Crippen LogP contribution < -0.4 is 5.56 Å². The Kier molecular flexibility index (Phi) is 4.17. The molecule has 1 aromatic carbocycles. The van der Waals surface area contributed by atoms with Crippen molar-refractivity contribution in [2.45, 2.75) is 13.5 Å². The number of carbonyl (C=O) groups is 1. The van der Waals surface area contributed by atoms with E-state index in [0.717, 1.165) is 0 Å². The number of aromatic nitrogens is 2. The first-order valence-electron chi connectivity index (χ1n) is 5.49. The maximum atomic E-state index is 12.1. The molecule has 0 amide bonds. The van der Waals surface area contributed by atoms with Gasteiger partial charge in [0.05, 0.1) is 18.6 Å². The lowest BCUT2D eigenvalue weighted by Gasteiger charge is -2.06. The van der Waals surface area contributed by atoms with Gasteiger partial charge in [-0.3, -0.25) is 14.2 Å². The SMILES string of the molecule is Cc1ncn(CC(=O)c2cccc(Cl)c2)c(=O)c1Br. The fourth-order valence-corrected chi connectivity index (χ4v) is 2.09. The third-order valence-electron chi connectivity index (χ3n) is 2.62. The predicted molar refractivity (Wildman–Crippen MR) is 76.7 cm³/mol. The lowest BCUT2D eigenvalue weighted by Crippen LogP contribution is -2.25. The molecule has 0 aliphatic rings. The zero-order valence-corrected chi connectivity index (χ0v) is 12.4. The monoisotopic (exact) mass is 340 g/mol. The van der Waals surface area contributed by atoms with Gasteiger partial charge < -0.3 is 0 Å². The third kappa shape index (κ3) is 3.11. The van der Waals surface area contributed by atoms with Crippen molar-refractivity contribution in [3.63, 3.8) is 0 Å². The highest BCUT2D eigenvalue weighted by Gasteiger charge is 2.11. The van der Waals surface area contributed by atoms with Crippen LogP contribution in [0.3, 0.4) is 0 Å². The Morgan fingerprint density at radius 2 is 2.21 bits per heavy atom. The van der Waals surface area contributed by atoms with E-state index in [9.17, 15) is 9.59 Å². The molecule has 0 fully saturated rings. The standard InChI is InChI=1S/C13H10BrClN2O2/c1-8-12(14)13(19)17(7-16-8)6-11(18)9-3-2-4-10(15)5-9/h2-5,7H,6H2,1H3. The number of benzene rings is 1. The van der Waals surface area contributed by atoms with Crippen LogP contribution in [-0.4, -0.2) is 15.3 Å². The number of halogens is 2. The summed E-state index contributed by atoms with van der Waals surface area (Å²) in [5.74, 6) is -0.192. The first kappa shape index (κ1) is 14.0. The Hall–Kier alpha value is -1.46. The van der Waals surface area contributed by atoms with Gasteiger partial charge in [0, 0.05) is 10.6 Å². The number of nitrogens with zero attached hydrogens (tertiary/aromatic N) is 2. The average Bonchev–Trinajstić information content (AvgIpc) is 2.39. The second kappa shape index (κ2) is 5.67. The zero-order chi connectivity index (χ0) is 14.0. The van der Waals surface area contributed by atoms with Crippen molar-refractivity contribution in [1.29, 1.82) is 0 Å². The smallest absolute Gasteiger partial charge is 0.268 e. The van der Waals surface area contributed by atoms with Crippen molar-refractivity contribution in [3.05, 3.63) is 61.7 Å². The Morgan fingerprint density at radius 3 is 2.89 bits per heavy atom. The van der Waals surface area contributed by atoms with Crippen LogP contribution in [0.25, 0.3) is 0 Å². The van der Waals surface area contributed by atoms with Crippen LogP contribution >= 0.6 is 27.5 Å². The molecular formula is C13H10BrClN2O2. The Morgan fingerprint density at radius 1 is 1.47 bits per heavy atom. The fraction of sp³-hybridized carbons (Fsp3) is 0.154. The van der Waals surface area contributed by atoms with Gasteiger partial charge in [-0.25, -0.2) is 4.98 Å². The molecule has 4 nitrogen and oxygen atoms in total. The van der Waals surface area contributed by atoms with Gasteiger partial charge in [0.15, 0.2) is 5.78 Å². The predicted octanol–water partition coefficient (Wildman–Crippen LogP) is 2.85. The van der Waals surface area contributed by atoms with Crippen molar-refractivity contribution >= 4 is 33.3 Å². The summed E-state index contributed by atoms with van der Waals surface area (Å²) in [5, 5.41) is 0.487. The highest BCUT2D eigenvalue weighted by Crippen LogP contribution is 2.12. The van der Waals surface area contributed by atoms with Gasteiger partial charge in [-0.05, 0) is 35.0 Å². The minimum atomic E-state index is -0.275. The Balaban J connectivity index is 2.30. The summed E-state index contributed by atoms with van der Waals surface area (Å²) in [5.41, 5.74) is 0.787. The second-order valence-corrected chi connectivity index (χ2v) is 5.24. The maximum Gasteiger partial charge on any atom is 0.268 e. The normalized spacial score (nSPS) is 10.5. The van der Waals surface area contributed by atoms with E-state index in [0.29, 0.717) is 20.8 Å². The third-order valence-corrected chi connectivity index (χ3v) is 3.77. The first-order chi connectivity index (χ1) is 8.99. The molecule has 0 aliphatic heterocycles. The van der Waals surface area contributed by atoms with Crippen LogP contribution in [0.4, 0.5) is 0 Å². The highest BCUT2D eigenvalue weighted by molar-refractivity contribution is 9.10. The Bertz CT molecular complexity index is 697. The molecule has 0 N–H and O–H groups in total. The van der Waals surface area contributed by atoms with Crippen LogP contribution in [0, 0.1) is 6.92 Å². The molecule has 0 unspecified atom stereocenters. The summed E-state index contributed by atoms with van der Waals surface area (Å²) < 4.78 is 1.63. The van der Waals surface area contributed by atoms with E-state index in [1.54, 1.807) is 31.2 Å². The molecule has 1 aromatic heterocycles. The van der Waals surface area contributed by atoms with Crippen molar-refractivity contribution in [2.24, 2.45) is 0 Å². The van der Waals surface area contributed by atoms with E-state index in [1.165, 1.54) is 10.9 Å². The van der Waals surface area contributed by atoms with Crippen molar-refractivity contribution in [3.8, 4) is 0 Å². The number of ketones is 1. The molecular weight excluding hydrogens is 332 g/mol. The lowest BCUT2D eigenvalue weighted by molar-refractivity contribution is 0.0970. The number of aryl methyl sites for hydroxylation is 1. The molecule has 0 spiro atoms. The molecule has 0 saturated carbocycles. The van der Waals surface area contributed by atoms with E-state index < -0.39 is 0 Å². The summed E-state index contributed by atoms with van der Waals surface area (Å²) in [6.07, 6.45) is 1.37. The van der Waals surface area contributed by atoms with Crippen molar-refractivity contribution < 1.29 is 4.79 Å². The van der Waals surface area contributed by atoms with Crippen LogP contribution in [-0.2, 0) is 6.54 Å². The van der Waals surface area contributed by atoms with Gasteiger partial charge in [-0.1, -0.05) is 23.7 Å². The zero-order valence-electron chi connectivity index (χ0n) is 10.1. The quantitative estimate of drug-likeness (QED) is 0.807. The van der Waals surface area contributed by atoms with E-state index in [2.05, 4.69) is 20.9 Å². The Labute approximate surface area is 123 Å². The average molecular weight is 342 g/mol. The number of hydrogen-bond donors (Lipinski definition) is 0. The molecule has 1 heterocycles. The molecule has 0 radical (unpaired) electrons.